The van der Waals surface area contributed by atoms with Crippen LogP contribution < -0.4 is 14.5 Å². The predicted molar refractivity (Wildman–Crippen MR) is 137 cm³/mol. The third kappa shape index (κ3) is 4.92. The minimum atomic E-state index is -2.90. The molecular weight excluding hydrogens is 522 g/mol. The van der Waals surface area contributed by atoms with Gasteiger partial charge in [0.15, 0.2) is 5.82 Å². The summed E-state index contributed by atoms with van der Waals surface area (Å²) in [4.78, 5) is 36.2. The lowest BCUT2D eigenvalue weighted by atomic mass is 10.1. The van der Waals surface area contributed by atoms with Gasteiger partial charge in [0.1, 0.15) is 23.3 Å². The number of alkyl halides is 3. The molecule has 0 radical (unpaired) electrons. The fraction of sp³-hybridized carbons (Fsp3) is 0.542. The summed E-state index contributed by atoms with van der Waals surface area (Å²) in [5.74, 6) is 0.122. The number of amides is 1. The van der Waals surface area contributed by atoms with Crippen molar-refractivity contribution in [1.82, 2.24) is 29.4 Å². The maximum absolute atomic E-state index is 14.3. The number of hydrogen-bond acceptors (Lipinski definition) is 9. The van der Waals surface area contributed by atoms with Crippen LogP contribution in [0.3, 0.4) is 0 Å². The molecule has 14 heteroatoms. The Hall–Kier alpha value is -3.32. The summed E-state index contributed by atoms with van der Waals surface area (Å²) in [6.07, 6.45) is -0.754. The molecule has 1 amide bonds. The molecule has 2 aliphatic rings. The highest BCUT2D eigenvalue weighted by molar-refractivity contribution is 6.27. The molecule has 2 aliphatic heterocycles. The number of anilines is 2. The van der Waals surface area contributed by atoms with Crippen LogP contribution in [0.15, 0.2) is 18.2 Å². The van der Waals surface area contributed by atoms with E-state index in [1.807, 2.05) is 4.90 Å². The van der Waals surface area contributed by atoms with Crippen molar-refractivity contribution in [2.75, 3.05) is 62.7 Å². The Morgan fingerprint density at radius 3 is 2.63 bits per heavy atom. The SMILES string of the molecule is COc1cccc2c1nc(C(F)F)n2-c1nc(N2CCOCC2)nc(N(C)C2CCCCN2C(=O)CCl)n1. The summed E-state index contributed by atoms with van der Waals surface area (Å²) in [7, 11) is 3.25. The van der Waals surface area contributed by atoms with Crippen molar-refractivity contribution in [3.8, 4) is 11.7 Å². The van der Waals surface area contributed by atoms with Gasteiger partial charge in [0.2, 0.25) is 23.8 Å². The van der Waals surface area contributed by atoms with Gasteiger partial charge in [0.05, 0.1) is 25.8 Å². The average Bonchev–Trinajstić information content (AvgIpc) is 3.37. The molecular formula is C24H29ClF2N8O3. The van der Waals surface area contributed by atoms with Gasteiger partial charge in [-0.3, -0.25) is 9.36 Å². The third-order valence-electron chi connectivity index (χ3n) is 6.85. The van der Waals surface area contributed by atoms with Gasteiger partial charge < -0.3 is 24.2 Å². The second kappa shape index (κ2) is 11.2. The van der Waals surface area contributed by atoms with Crippen LogP contribution in [-0.2, 0) is 9.53 Å². The number of likely N-dealkylation sites (tertiary alicyclic amines) is 1. The zero-order valence-electron chi connectivity index (χ0n) is 21.2. The van der Waals surface area contributed by atoms with E-state index in [-0.39, 0.29) is 35.4 Å². The summed E-state index contributed by atoms with van der Waals surface area (Å²) in [6, 6.07) is 5.02. The molecule has 38 heavy (non-hydrogen) atoms. The summed E-state index contributed by atoms with van der Waals surface area (Å²) < 4.78 is 40.6. The van der Waals surface area contributed by atoms with E-state index >= 15 is 0 Å². The first-order valence-corrected chi connectivity index (χ1v) is 13.0. The lowest BCUT2D eigenvalue weighted by Gasteiger charge is -2.41. The van der Waals surface area contributed by atoms with Gasteiger partial charge in [-0.05, 0) is 31.4 Å². The van der Waals surface area contributed by atoms with E-state index in [4.69, 9.17) is 26.1 Å². The predicted octanol–water partition coefficient (Wildman–Crippen LogP) is 3.01. The van der Waals surface area contributed by atoms with Gasteiger partial charge in [-0.2, -0.15) is 15.0 Å². The number of methoxy groups -OCH3 is 1. The molecule has 2 fully saturated rings. The molecule has 1 atom stereocenters. The number of piperidine rings is 1. The Labute approximate surface area is 223 Å². The number of halogens is 3. The Morgan fingerprint density at radius 1 is 1.16 bits per heavy atom. The number of ether oxygens (including phenoxy) is 2. The van der Waals surface area contributed by atoms with E-state index < -0.39 is 12.2 Å². The van der Waals surface area contributed by atoms with Crippen LogP contribution in [-0.4, -0.2) is 94.4 Å². The Bertz CT molecular complexity index is 1300. The minimum absolute atomic E-state index is 0.000393. The van der Waals surface area contributed by atoms with E-state index in [1.165, 1.54) is 11.7 Å². The van der Waals surface area contributed by atoms with Gasteiger partial charge in [-0.1, -0.05) is 6.07 Å². The summed E-state index contributed by atoms with van der Waals surface area (Å²) in [5, 5.41) is 0. The van der Waals surface area contributed by atoms with Gasteiger partial charge in [-0.15, -0.1) is 11.6 Å². The molecule has 0 aliphatic carbocycles. The van der Waals surface area contributed by atoms with Crippen molar-refractivity contribution >= 4 is 40.4 Å². The van der Waals surface area contributed by atoms with Crippen molar-refractivity contribution in [3.05, 3.63) is 24.0 Å². The lowest BCUT2D eigenvalue weighted by molar-refractivity contribution is -0.132. The van der Waals surface area contributed by atoms with Crippen molar-refractivity contribution in [3.63, 3.8) is 0 Å². The monoisotopic (exact) mass is 550 g/mol. The maximum Gasteiger partial charge on any atom is 0.296 e. The molecule has 0 bridgehead atoms. The van der Waals surface area contributed by atoms with Crippen LogP contribution in [0.2, 0.25) is 0 Å². The van der Waals surface area contributed by atoms with Crippen LogP contribution in [0.4, 0.5) is 20.7 Å². The van der Waals surface area contributed by atoms with Crippen molar-refractivity contribution in [2.45, 2.75) is 31.9 Å². The molecule has 2 saturated heterocycles. The highest BCUT2D eigenvalue weighted by atomic mass is 35.5. The Morgan fingerprint density at radius 2 is 1.92 bits per heavy atom. The van der Waals surface area contributed by atoms with E-state index in [0.29, 0.717) is 56.5 Å². The van der Waals surface area contributed by atoms with E-state index in [1.54, 1.807) is 35.0 Å². The number of carbonyl (C=O) groups is 1. The number of carbonyl (C=O) groups excluding carboxylic acids is 1. The first-order chi connectivity index (χ1) is 18.4. The number of benzene rings is 1. The largest absolute Gasteiger partial charge is 0.494 e. The van der Waals surface area contributed by atoms with Crippen LogP contribution >= 0.6 is 11.6 Å². The Kier molecular flexibility index (Phi) is 7.75. The fourth-order valence-electron chi connectivity index (χ4n) is 4.94. The quantitative estimate of drug-likeness (QED) is 0.411. The van der Waals surface area contributed by atoms with Crippen LogP contribution in [0.25, 0.3) is 17.0 Å². The minimum Gasteiger partial charge on any atom is -0.494 e. The Balaban J connectivity index is 1.67. The second-order valence-electron chi connectivity index (χ2n) is 9.08. The molecule has 204 valence electrons. The van der Waals surface area contributed by atoms with Gasteiger partial charge in [0, 0.05) is 26.7 Å². The number of rotatable bonds is 7. The van der Waals surface area contributed by atoms with E-state index in [2.05, 4.69) is 15.0 Å². The summed E-state index contributed by atoms with van der Waals surface area (Å²) in [6.45, 7) is 2.61. The molecule has 1 aromatic carbocycles. The van der Waals surface area contributed by atoms with Crippen molar-refractivity contribution in [2.24, 2.45) is 0 Å². The van der Waals surface area contributed by atoms with Crippen LogP contribution in [0.5, 0.6) is 5.75 Å². The van der Waals surface area contributed by atoms with Gasteiger partial charge in [0.25, 0.3) is 6.43 Å². The molecule has 0 spiro atoms. The second-order valence-corrected chi connectivity index (χ2v) is 9.34. The van der Waals surface area contributed by atoms with Gasteiger partial charge in [-0.25, -0.2) is 13.8 Å². The normalized spacial score (nSPS) is 18.3. The molecule has 4 heterocycles. The highest BCUT2D eigenvalue weighted by Gasteiger charge is 2.32. The summed E-state index contributed by atoms with van der Waals surface area (Å²) in [5.41, 5.74) is 0.656. The molecule has 3 aromatic rings. The van der Waals surface area contributed by atoms with Crippen LogP contribution in [0, 0.1) is 0 Å². The molecule has 2 aromatic heterocycles. The molecule has 1 unspecified atom stereocenters. The molecule has 11 nitrogen and oxygen atoms in total. The number of nitrogens with zero attached hydrogens (tertiary/aromatic N) is 8. The fourth-order valence-corrected chi connectivity index (χ4v) is 5.09. The molecule has 0 N–H and O–H groups in total. The van der Waals surface area contributed by atoms with E-state index in [9.17, 15) is 13.6 Å². The number of morpholine rings is 1. The van der Waals surface area contributed by atoms with E-state index in [0.717, 1.165) is 12.8 Å². The van der Waals surface area contributed by atoms with Crippen molar-refractivity contribution < 1.29 is 23.0 Å². The molecule has 5 rings (SSSR count). The third-order valence-corrected chi connectivity index (χ3v) is 7.08. The number of imidazole rings is 1. The molecule has 0 saturated carbocycles. The maximum atomic E-state index is 14.3. The number of aromatic nitrogens is 5. The van der Waals surface area contributed by atoms with Crippen molar-refractivity contribution in [1.29, 1.82) is 0 Å². The lowest BCUT2D eigenvalue weighted by Crippen LogP contribution is -2.53. The first-order valence-electron chi connectivity index (χ1n) is 12.4. The first kappa shape index (κ1) is 26.3. The smallest absolute Gasteiger partial charge is 0.296 e. The number of para-hydroxylation sites is 1. The standard InChI is InChI=1S/C24H29ClF2N8O3/c1-32(17-8-3-4-9-34(17)18(36)14-25)22-29-23(33-10-12-38-13-11-33)31-24(30-22)35-15-6-5-7-16(37-2)19(15)28-21(35)20(26)27/h5-7,17,20H,3-4,8-14H2,1-2H3. The zero-order valence-corrected chi connectivity index (χ0v) is 21.9. The van der Waals surface area contributed by atoms with Gasteiger partial charge >= 0.3 is 0 Å². The number of hydrogen-bond donors (Lipinski definition) is 0. The zero-order chi connectivity index (χ0) is 26.8. The number of fused-ring (bicyclic) bond motifs is 1. The summed E-state index contributed by atoms with van der Waals surface area (Å²) >= 11 is 5.89. The topological polar surface area (TPSA) is 102 Å². The average molecular weight is 551 g/mol. The highest BCUT2D eigenvalue weighted by Crippen LogP contribution is 2.33. The van der Waals surface area contributed by atoms with Crippen LogP contribution in [0.1, 0.15) is 31.5 Å².